The van der Waals surface area contributed by atoms with Crippen LogP contribution in [-0.4, -0.2) is 30.0 Å². The Morgan fingerprint density at radius 1 is 1.28 bits per heavy atom. The van der Waals surface area contributed by atoms with Crippen molar-refractivity contribution in [3.63, 3.8) is 0 Å². The molecule has 1 aromatic rings. The van der Waals surface area contributed by atoms with Crippen LogP contribution in [0.4, 0.5) is 0 Å². The average Bonchev–Trinajstić information content (AvgIpc) is 2.35. The van der Waals surface area contributed by atoms with Crippen molar-refractivity contribution in [2.75, 3.05) is 14.2 Å². The minimum absolute atomic E-state index is 0.611. The van der Waals surface area contributed by atoms with Crippen molar-refractivity contribution in [2.24, 2.45) is 0 Å². The summed E-state index contributed by atoms with van der Waals surface area (Å²) in [6.45, 7) is 3.39. The maximum Gasteiger partial charge on any atom is 0.319 e. The SMILES string of the molecule is COc1ccc(CSC(C)(C)C(=O)O)cc1OC. The maximum absolute atomic E-state index is 11.0. The van der Waals surface area contributed by atoms with Crippen LogP contribution in [0.2, 0.25) is 0 Å². The molecule has 0 fully saturated rings. The summed E-state index contributed by atoms with van der Waals surface area (Å²) < 4.78 is 9.56. The van der Waals surface area contributed by atoms with E-state index in [0.717, 1.165) is 5.56 Å². The molecule has 0 radical (unpaired) electrons. The first-order valence-corrected chi connectivity index (χ1v) is 6.47. The van der Waals surface area contributed by atoms with Crippen molar-refractivity contribution in [1.29, 1.82) is 0 Å². The highest BCUT2D eigenvalue weighted by molar-refractivity contribution is 8.00. The normalized spacial score (nSPS) is 11.1. The lowest BCUT2D eigenvalue weighted by atomic mass is 10.2. The van der Waals surface area contributed by atoms with Crippen molar-refractivity contribution >= 4 is 17.7 Å². The third-order valence-corrected chi connectivity index (χ3v) is 3.94. The number of aliphatic carboxylic acids is 1. The van der Waals surface area contributed by atoms with Gasteiger partial charge < -0.3 is 14.6 Å². The van der Waals surface area contributed by atoms with Gasteiger partial charge in [-0.25, -0.2) is 0 Å². The van der Waals surface area contributed by atoms with Gasteiger partial charge in [-0.1, -0.05) is 6.07 Å². The molecule has 0 aliphatic heterocycles. The van der Waals surface area contributed by atoms with Gasteiger partial charge in [0.25, 0.3) is 0 Å². The summed E-state index contributed by atoms with van der Waals surface area (Å²) in [5.74, 6) is 1.13. The van der Waals surface area contributed by atoms with Gasteiger partial charge in [-0.3, -0.25) is 4.79 Å². The quantitative estimate of drug-likeness (QED) is 0.861. The van der Waals surface area contributed by atoms with Crippen molar-refractivity contribution in [3.8, 4) is 11.5 Å². The van der Waals surface area contributed by atoms with E-state index in [4.69, 9.17) is 14.6 Å². The highest BCUT2D eigenvalue weighted by Crippen LogP contribution is 2.32. The van der Waals surface area contributed by atoms with Gasteiger partial charge in [0.05, 0.1) is 14.2 Å². The molecule has 0 bridgehead atoms. The van der Waals surface area contributed by atoms with Gasteiger partial charge in [0, 0.05) is 5.75 Å². The van der Waals surface area contributed by atoms with Crippen LogP contribution in [0.15, 0.2) is 18.2 Å². The number of benzene rings is 1. The molecule has 100 valence electrons. The van der Waals surface area contributed by atoms with E-state index in [1.165, 1.54) is 11.8 Å². The summed E-state index contributed by atoms with van der Waals surface area (Å²) >= 11 is 1.38. The molecule has 0 amide bonds. The van der Waals surface area contributed by atoms with E-state index < -0.39 is 10.7 Å². The highest BCUT2D eigenvalue weighted by atomic mass is 32.2. The Labute approximate surface area is 111 Å². The Bertz CT molecular complexity index is 429. The lowest BCUT2D eigenvalue weighted by molar-refractivity contribution is -0.138. The third-order valence-electron chi connectivity index (χ3n) is 2.56. The lowest BCUT2D eigenvalue weighted by Crippen LogP contribution is -2.27. The molecule has 1 aromatic carbocycles. The molecular formula is C13H18O4S. The zero-order valence-electron chi connectivity index (χ0n) is 11.0. The number of rotatable bonds is 6. The first-order chi connectivity index (χ1) is 8.40. The van der Waals surface area contributed by atoms with Crippen molar-refractivity contribution in [3.05, 3.63) is 23.8 Å². The van der Waals surface area contributed by atoms with Crippen LogP contribution in [0.3, 0.4) is 0 Å². The van der Waals surface area contributed by atoms with Gasteiger partial charge in [0.15, 0.2) is 11.5 Å². The Balaban J connectivity index is 2.77. The number of methoxy groups -OCH3 is 2. The van der Waals surface area contributed by atoms with Crippen LogP contribution in [-0.2, 0) is 10.5 Å². The van der Waals surface area contributed by atoms with E-state index >= 15 is 0 Å². The maximum atomic E-state index is 11.0. The molecule has 0 saturated heterocycles. The topological polar surface area (TPSA) is 55.8 Å². The first-order valence-electron chi connectivity index (χ1n) is 5.49. The molecule has 0 saturated carbocycles. The van der Waals surface area contributed by atoms with Gasteiger partial charge in [-0.05, 0) is 31.5 Å². The van der Waals surface area contributed by atoms with Gasteiger partial charge in [0.1, 0.15) is 4.75 Å². The number of carbonyl (C=O) groups is 1. The molecule has 0 atom stereocenters. The smallest absolute Gasteiger partial charge is 0.319 e. The van der Waals surface area contributed by atoms with E-state index in [-0.39, 0.29) is 0 Å². The van der Waals surface area contributed by atoms with E-state index in [1.807, 2.05) is 18.2 Å². The van der Waals surface area contributed by atoms with E-state index in [9.17, 15) is 4.79 Å². The van der Waals surface area contributed by atoms with Crippen LogP contribution in [0.25, 0.3) is 0 Å². The molecule has 0 aromatic heterocycles. The Morgan fingerprint density at radius 3 is 2.39 bits per heavy atom. The lowest BCUT2D eigenvalue weighted by Gasteiger charge is -2.18. The number of hydrogen-bond donors (Lipinski definition) is 1. The standard InChI is InChI=1S/C13H18O4S/c1-13(2,12(14)15)18-8-9-5-6-10(16-3)11(7-9)17-4/h5-7H,8H2,1-4H3,(H,14,15). The Hall–Kier alpha value is -1.36. The fourth-order valence-electron chi connectivity index (χ4n) is 1.30. The predicted octanol–water partition coefficient (Wildman–Crippen LogP) is 2.80. The van der Waals surface area contributed by atoms with Crippen molar-refractivity contribution in [2.45, 2.75) is 24.3 Å². The molecule has 0 spiro atoms. The molecular weight excluding hydrogens is 252 g/mol. The average molecular weight is 270 g/mol. The summed E-state index contributed by atoms with van der Waals surface area (Å²) in [5, 5.41) is 9.04. The van der Waals surface area contributed by atoms with E-state index in [0.29, 0.717) is 17.3 Å². The van der Waals surface area contributed by atoms with Gasteiger partial charge in [0.2, 0.25) is 0 Å². The molecule has 0 aliphatic carbocycles. The molecule has 0 unspecified atom stereocenters. The fourth-order valence-corrected chi connectivity index (χ4v) is 2.13. The van der Waals surface area contributed by atoms with Crippen LogP contribution in [0.1, 0.15) is 19.4 Å². The molecule has 5 heteroatoms. The van der Waals surface area contributed by atoms with Gasteiger partial charge in [-0.2, -0.15) is 0 Å². The highest BCUT2D eigenvalue weighted by Gasteiger charge is 2.27. The molecule has 18 heavy (non-hydrogen) atoms. The second-order valence-electron chi connectivity index (χ2n) is 4.29. The van der Waals surface area contributed by atoms with Crippen LogP contribution >= 0.6 is 11.8 Å². The first kappa shape index (κ1) is 14.7. The zero-order chi connectivity index (χ0) is 13.8. The number of carboxylic acid groups (broad SMARTS) is 1. The number of thioether (sulfide) groups is 1. The van der Waals surface area contributed by atoms with E-state index in [1.54, 1.807) is 28.1 Å². The summed E-state index contributed by atoms with van der Waals surface area (Å²) in [7, 11) is 3.16. The summed E-state index contributed by atoms with van der Waals surface area (Å²) in [4.78, 5) is 11.0. The Kier molecular flexibility index (Phi) is 4.90. The Morgan fingerprint density at radius 2 is 1.89 bits per heavy atom. The third kappa shape index (κ3) is 3.57. The van der Waals surface area contributed by atoms with Gasteiger partial charge in [-0.15, -0.1) is 11.8 Å². The predicted molar refractivity (Wildman–Crippen MR) is 72.6 cm³/mol. The van der Waals surface area contributed by atoms with Crippen LogP contribution < -0.4 is 9.47 Å². The molecule has 4 nitrogen and oxygen atoms in total. The largest absolute Gasteiger partial charge is 0.493 e. The number of ether oxygens (including phenoxy) is 2. The van der Waals surface area contributed by atoms with Crippen molar-refractivity contribution < 1.29 is 19.4 Å². The summed E-state index contributed by atoms with van der Waals surface area (Å²) in [6, 6.07) is 5.60. The zero-order valence-corrected chi connectivity index (χ0v) is 11.8. The minimum Gasteiger partial charge on any atom is -0.493 e. The fraction of sp³-hybridized carbons (Fsp3) is 0.462. The summed E-state index contributed by atoms with van der Waals surface area (Å²) in [6.07, 6.45) is 0. The monoisotopic (exact) mass is 270 g/mol. The summed E-state index contributed by atoms with van der Waals surface area (Å²) in [5.41, 5.74) is 1.01. The van der Waals surface area contributed by atoms with Crippen LogP contribution in [0.5, 0.6) is 11.5 Å². The molecule has 1 N–H and O–H groups in total. The molecule has 0 heterocycles. The molecule has 0 aliphatic rings. The second kappa shape index (κ2) is 6.00. The molecule has 1 rings (SSSR count). The minimum atomic E-state index is -0.812. The van der Waals surface area contributed by atoms with Crippen molar-refractivity contribution in [1.82, 2.24) is 0 Å². The van der Waals surface area contributed by atoms with E-state index in [2.05, 4.69) is 0 Å². The number of hydrogen-bond acceptors (Lipinski definition) is 4. The second-order valence-corrected chi connectivity index (χ2v) is 5.89. The van der Waals surface area contributed by atoms with Crippen LogP contribution in [0, 0.1) is 0 Å². The number of carboxylic acids is 1. The van der Waals surface area contributed by atoms with Gasteiger partial charge >= 0.3 is 5.97 Å².